The topological polar surface area (TPSA) is 56.3 Å². The van der Waals surface area contributed by atoms with Gasteiger partial charge in [-0.15, -0.1) is 0 Å². The normalized spacial score (nSPS) is 24.7. The van der Waals surface area contributed by atoms with Crippen molar-refractivity contribution in [3.63, 3.8) is 0 Å². The first kappa shape index (κ1) is 12.5. The third-order valence-corrected chi connectivity index (χ3v) is 3.56. The molecule has 2 heterocycles. The molecule has 5 heteroatoms. The summed E-state index contributed by atoms with van der Waals surface area (Å²) in [5, 5.41) is 0. The number of ether oxygens (including phenoxy) is 1. The second kappa shape index (κ2) is 5.16. The lowest BCUT2D eigenvalue weighted by Gasteiger charge is -2.30. The molecule has 0 bridgehead atoms. The van der Waals surface area contributed by atoms with E-state index in [2.05, 4.69) is 21.5 Å². The van der Waals surface area contributed by atoms with E-state index in [-0.39, 0.29) is 5.41 Å². The number of hydrogen-bond acceptors (Lipinski definition) is 4. The smallest absolute Gasteiger partial charge is 0.122 e. The van der Waals surface area contributed by atoms with Crippen LogP contribution in [0.1, 0.15) is 12.2 Å². The van der Waals surface area contributed by atoms with Crippen LogP contribution in [0.25, 0.3) is 0 Å². The van der Waals surface area contributed by atoms with Crippen LogP contribution in [-0.2, 0) is 18.3 Å². The van der Waals surface area contributed by atoms with Gasteiger partial charge in [0, 0.05) is 44.6 Å². The second-order valence-corrected chi connectivity index (χ2v) is 5.13. The van der Waals surface area contributed by atoms with Crippen LogP contribution >= 0.6 is 0 Å². The molecule has 1 aromatic heterocycles. The Bertz CT molecular complexity index is 357. The summed E-state index contributed by atoms with van der Waals surface area (Å²) in [6.07, 6.45) is 4.87. The molecular weight excluding hydrogens is 216 g/mol. The molecule has 1 fully saturated rings. The zero-order valence-electron chi connectivity index (χ0n) is 10.7. The minimum atomic E-state index is 0.139. The van der Waals surface area contributed by atoms with Gasteiger partial charge in [0.25, 0.3) is 0 Å². The van der Waals surface area contributed by atoms with Crippen molar-refractivity contribution in [2.45, 2.75) is 13.0 Å². The SMILES string of the molecule is CN(Cc1nccn1C)CC1(CN)CCOC1. The van der Waals surface area contributed by atoms with Gasteiger partial charge in [0.2, 0.25) is 0 Å². The predicted octanol–water partition coefficient (Wildman–Crippen LogP) is 0.217. The Balaban J connectivity index is 1.92. The highest BCUT2D eigenvalue weighted by atomic mass is 16.5. The lowest BCUT2D eigenvalue weighted by atomic mass is 9.87. The van der Waals surface area contributed by atoms with Crippen molar-refractivity contribution in [3.8, 4) is 0 Å². The summed E-state index contributed by atoms with van der Waals surface area (Å²) >= 11 is 0. The van der Waals surface area contributed by atoms with E-state index in [9.17, 15) is 0 Å². The third kappa shape index (κ3) is 2.86. The summed E-state index contributed by atoms with van der Waals surface area (Å²) in [7, 11) is 4.14. The van der Waals surface area contributed by atoms with E-state index in [0.29, 0.717) is 6.54 Å². The molecule has 17 heavy (non-hydrogen) atoms. The summed E-state index contributed by atoms with van der Waals surface area (Å²) in [5.74, 6) is 1.08. The van der Waals surface area contributed by atoms with Crippen molar-refractivity contribution >= 4 is 0 Å². The van der Waals surface area contributed by atoms with Crippen LogP contribution < -0.4 is 5.73 Å². The molecular formula is C12H22N4O. The van der Waals surface area contributed by atoms with Crippen LogP contribution in [0.5, 0.6) is 0 Å². The van der Waals surface area contributed by atoms with Crippen LogP contribution in [0.3, 0.4) is 0 Å². The predicted molar refractivity (Wildman–Crippen MR) is 66.5 cm³/mol. The Morgan fingerprint density at radius 2 is 2.47 bits per heavy atom. The maximum atomic E-state index is 5.89. The number of aromatic nitrogens is 2. The summed E-state index contributed by atoms with van der Waals surface area (Å²) < 4.78 is 7.54. The number of nitrogens with zero attached hydrogens (tertiary/aromatic N) is 3. The van der Waals surface area contributed by atoms with E-state index in [0.717, 1.165) is 38.5 Å². The van der Waals surface area contributed by atoms with Crippen LogP contribution in [0.4, 0.5) is 0 Å². The molecule has 5 nitrogen and oxygen atoms in total. The molecule has 0 amide bonds. The first-order chi connectivity index (χ1) is 8.15. The Kier molecular flexibility index (Phi) is 3.81. The monoisotopic (exact) mass is 238 g/mol. The molecule has 1 atom stereocenters. The molecule has 1 saturated heterocycles. The molecule has 0 spiro atoms. The van der Waals surface area contributed by atoms with Crippen LogP contribution in [0.15, 0.2) is 12.4 Å². The molecule has 1 aliphatic heterocycles. The number of nitrogens with two attached hydrogens (primary N) is 1. The first-order valence-corrected chi connectivity index (χ1v) is 6.08. The highest BCUT2D eigenvalue weighted by Crippen LogP contribution is 2.28. The fraction of sp³-hybridized carbons (Fsp3) is 0.750. The van der Waals surface area contributed by atoms with E-state index in [1.54, 1.807) is 0 Å². The molecule has 0 saturated carbocycles. The quantitative estimate of drug-likeness (QED) is 0.797. The Morgan fingerprint density at radius 3 is 3.00 bits per heavy atom. The summed E-state index contributed by atoms with van der Waals surface area (Å²) in [6, 6.07) is 0. The first-order valence-electron chi connectivity index (χ1n) is 6.08. The number of hydrogen-bond donors (Lipinski definition) is 1. The number of imidazole rings is 1. The Labute approximate surface area is 103 Å². The molecule has 96 valence electrons. The summed E-state index contributed by atoms with van der Waals surface area (Å²) in [4.78, 5) is 6.62. The minimum absolute atomic E-state index is 0.139. The molecule has 1 aliphatic rings. The van der Waals surface area contributed by atoms with Crippen molar-refractivity contribution in [1.29, 1.82) is 0 Å². The van der Waals surface area contributed by atoms with Gasteiger partial charge in [-0.05, 0) is 13.5 Å². The van der Waals surface area contributed by atoms with Gasteiger partial charge in [-0.1, -0.05) is 0 Å². The van der Waals surface area contributed by atoms with Gasteiger partial charge in [0.15, 0.2) is 0 Å². The van der Waals surface area contributed by atoms with Gasteiger partial charge >= 0.3 is 0 Å². The zero-order valence-corrected chi connectivity index (χ0v) is 10.7. The molecule has 1 aromatic rings. The van der Waals surface area contributed by atoms with Gasteiger partial charge < -0.3 is 15.0 Å². The summed E-state index contributed by atoms with van der Waals surface area (Å²) in [5.41, 5.74) is 6.03. The van der Waals surface area contributed by atoms with Crippen molar-refractivity contribution < 1.29 is 4.74 Å². The van der Waals surface area contributed by atoms with Crippen molar-refractivity contribution in [2.75, 3.05) is 33.4 Å². The van der Waals surface area contributed by atoms with Crippen molar-refractivity contribution in [1.82, 2.24) is 14.5 Å². The second-order valence-electron chi connectivity index (χ2n) is 5.13. The van der Waals surface area contributed by atoms with E-state index in [1.807, 2.05) is 19.4 Å². The van der Waals surface area contributed by atoms with Crippen LogP contribution in [-0.4, -0.2) is 47.8 Å². The lowest BCUT2D eigenvalue weighted by molar-refractivity contribution is 0.122. The van der Waals surface area contributed by atoms with Gasteiger partial charge in [0.05, 0.1) is 13.2 Å². The fourth-order valence-electron chi connectivity index (χ4n) is 2.42. The van der Waals surface area contributed by atoms with Crippen LogP contribution in [0, 0.1) is 5.41 Å². The highest BCUT2D eigenvalue weighted by Gasteiger charge is 2.34. The Hall–Kier alpha value is -0.910. The molecule has 1 unspecified atom stereocenters. The van der Waals surface area contributed by atoms with Crippen molar-refractivity contribution in [3.05, 3.63) is 18.2 Å². The third-order valence-electron chi connectivity index (χ3n) is 3.56. The maximum absolute atomic E-state index is 5.89. The fourth-order valence-corrected chi connectivity index (χ4v) is 2.42. The standard InChI is InChI=1S/C12H22N4O/c1-15(7-11-14-4-5-16(11)2)9-12(8-13)3-6-17-10-12/h4-5H,3,6-10,13H2,1-2H3. The van der Waals surface area contributed by atoms with Gasteiger partial charge in [-0.25, -0.2) is 4.98 Å². The van der Waals surface area contributed by atoms with E-state index >= 15 is 0 Å². The number of aryl methyl sites for hydroxylation is 1. The van der Waals surface area contributed by atoms with Gasteiger partial charge in [-0.3, -0.25) is 4.90 Å². The molecule has 2 rings (SSSR count). The molecule has 0 radical (unpaired) electrons. The maximum Gasteiger partial charge on any atom is 0.122 e. The van der Waals surface area contributed by atoms with Gasteiger partial charge in [0.1, 0.15) is 5.82 Å². The van der Waals surface area contributed by atoms with Crippen LogP contribution in [0.2, 0.25) is 0 Å². The molecule has 2 N–H and O–H groups in total. The zero-order chi connectivity index (χ0) is 12.3. The number of rotatable bonds is 5. The Morgan fingerprint density at radius 1 is 1.65 bits per heavy atom. The average molecular weight is 238 g/mol. The molecule has 0 aromatic carbocycles. The van der Waals surface area contributed by atoms with Crippen molar-refractivity contribution in [2.24, 2.45) is 18.2 Å². The highest BCUT2D eigenvalue weighted by molar-refractivity contribution is 4.93. The molecule has 0 aliphatic carbocycles. The largest absolute Gasteiger partial charge is 0.381 e. The summed E-state index contributed by atoms with van der Waals surface area (Å²) in [6.45, 7) is 4.14. The minimum Gasteiger partial charge on any atom is -0.381 e. The lowest BCUT2D eigenvalue weighted by Crippen LogP contribution is -2.41. The van der Waals surface area contributed by atoms with E-state index in [1.165, 1.54) is 0 Å². The average Bonchev–Trinajstić information content (AvgIpc) is 2.90. The van der Waals surface area contributed by atoms with E-state index < -0.39 is 0 Å². The van der Waals surface area contributed by atoms with Gasteiger partial charge in [-0.2, -0.15) is 0 Å². The van der Waals surface area contributed by atoms with E-state index in [4.69, 9.17) is 10.5 Å².